The molecule has 0 spiro atoms. The fraction of sp³-hybridized carbons (Fsp3) is 0.333. The Morgan fingerprint density at radius 3 is 2.76 bits per heavy atom. The number of carbonyl (C=O) groups is 1. The average molecular weight is 535 g/mol. The number of hydrogen-bond donors (Lipinski definition) is 0. The predicted octanol–water partition coefficient (Wildman–Crippen LogP) is 4.37. The second kappa shape index (κ2) is 9.50. The van der Waals surface area contributed by atoms with Gasteiger partial charge in [-0.1, -0.05) is 43.0 Å². The molecule has 2 saturated heterocycles. The molecule has 3 aromatic rings. The zero-order valence-electron chi connectivity index (χ0n) is 20.6. The number of ether oxygens (including phenoxy) is 2. The van der Waals surface area contributed by atoms with Gasteiger partial charge in [0.15, 0.2) is 11.5 Å². The Morgan fingerprint density at radius 1 is 1.16 bits per heavy atom. The predicted molar refractivity (Wildman–Crippen MR) is 148 cm³/mol. The van der Waals surface area contributed by atoms with Crippen molar-refractivity contribution in [2.45, 2.75) is 33.2 Å². The first kappa shape index (κ1) is 24.0. The molecule has 37 heavy (non-hydrogen) atoms. The topological polar surface area (TPSA) is 76.4 Å². The Hall–Kier alpha value is -3.37. The molecule has 8 nitrogen and oxygen atoms in total. The Balaban J connectivity index is 1.37. The minimum Gasteiger partial charge on any atom is -0.454 e. The smallest absolute Gasteiger partial charge is 0.267 e. The maximum atomic E-state index is 13.7. The molecule has 5 heterocycles. The fourth-order valence-corrected chi connectivity index (χ4v) is 6.11. The Kier molecular flexibility index (Phi) is 6.16. The molecule has 3 aliphatic heterocycles. The molecule has 1 amide bonds. The van der Waals surface area contributed by atoms with Crippen LogP contribution in [0.3, 0.4) is 0 Å². The van der Waals surface area contributed by atoms with E-state index >= 15 is 0 Å². The zero-order chi connectivity index (χ0) is 25.7. The fourth-order valence-electron chi connectivity index (χ4n) is 4.88. The lowest BCUT2D eigenvalue weighted by Gasteiger charge is -2.32. The summed E-state index contributed by atoms with van der Waals surface area (Å²) < 4.78 is 12.9. The van der Waals surface area contributed by atoms with Crippen LogP contribution in [0.1, 0.15) is 36.5 Å². The van der Waals surface area contributed by atoms with Crippen LogP contribution in [-0.2, 0) is 11.3 Å². The second-order valence-corrected chi connectivity index (χ2v) is 11.3. The number of aromatic nitrogens is 2. The molecule has 0 unspecified atom stereocenters. The number of fused-ring (bicyclic) bond motifs is 2. The summed E-state index contributed by atoms with van der Waals surface area (Å²) in [7, 11) is 0. The Labute approximate surface area is 223 Å². The van der Waals surface area contributed by atoms with Crippen molar-refractivity contribution in [1.82, 2.24) is 14.3 Å². The maximum absolute atomic E-state index is 13.7. The number of anilines is 1. The molecule has 0 radical (unpaired) electrons. The monoisotopic (exact) mass is 534 g/mol. The van der Waals surface area contributed by atoms with Crippen LogP contribution in [0.4, 0.5) is 5.82 Å². The van der Waals surface area contributed by atoms with Crippen LogP contribution in [0.15, 0.2) is 46.2 Å². The number of hydrogen-bond acceptors (Lipinski definition) is 8. The molecule has 2 aromatic heterocycles. The molecule has 0 aliphatic carbocycles. The number of nitrogens with zero attached hydrogens (tertiary/aromatic N) is 4. The lowest BCUT2D eigenvalue weighted by atomic mass is 9.99. The van der Waals surface area contributed by atoms with Crippen LogP contribution in [0, 0.1) is 12.8 Å². The number of aryl methyl sites for hydroxylation is 1. The van der Waals surface area contributed by atoms with Crippen molar-refractivity contribution in [3.05, 3.63) is 68.5 Å². The van der Waals surface area contributed by atoms with Gasteiger partial charge in [0.1, 0.15) is 15.8 Å². The second-order valence-electron chi connectivity index (χ2n) is 9.66. The van der Waals surface area contributed by atoms with E-state index < -0.39 is 0 Å². The number of thiocarbonyl (C=S) groups is 1. The van der Waals surface area contributed by atoms with Gasteiger partial charge in [-0.25, -0.2) is 4.98 Å². The molecule has 3 aliphatic rings. The highest BCUT2D eigenvalue weighted by Crippen LogP contribution is 2.37. The Morgan fingerprint density at radius 2 is 1.95 bits per heavy atom. The molecule has 0 bridgehead atoms. The highest BCUT2D eigenvalue weighted by Gasteiger charge is 2.33. The third-order valence-electron chi connectivity index (χ3n) is 7.07. The molecular formula is C27H26N4O4S2. The quantitative estimate of drug-likeness (QED) is 0.361. The number of carbonyl (C=O) groups excluding carboxylic acids is 1. The van der Waals surface area contributed by atoms with E-state index in [0.29, 0.717) is 50.2 Å². The van der Waals surface area contributed by atoms with Gasteiger partial charge in [-0.05, 0) is 61.1 Å². The van der Waals surface area contributed by atoms with E-state index in [9.17, 15) is 9.59 Å². The highest BCUT2D eigenvalue weighted by atomic mass is 32.2. The summed E-state index contributed by atoms with van der Waals surface area (Å²) in [6, 6.07) is 9.38. The molecule has 0 atom stereocenters. The van der Waals surface area contributed by atoms with E-state index in [1.165, 1.54) is 11.8 Å². The molecule has 1 aromatic carbocycles. The standard InChI is InChI=1S/C27H26N4O4S2/c1-16-7-10-29(11-8-16)24-19(25(32)30-9-3-4-17(2)23(30)28-24)13-22-26(33)31(27(36)37-22)14-18-5-6-20-21(12-18)35-15-34-20/h3-6,9,12-13,16H,7-8,10-11,14-15H2,1-2H3. The van der Waals surface area contributed by atoms with Crippen molar-refractivity contribution in [2.24, 2.45) is 5.92 Å². The van der Waals surface area contributed by atoms with Crippen LogP contribution < -0.4 is 19.9 Å². The van der Waals surface area contributed by atoms with Crippen LogP contribution in [0.5, 0.6) is 11.5 Å². The molecule has 190 valence electrons. The van der Waals surface area contributed by atoms with Gasteiger partial charge in [0.2, 0.25) is 6.79 Å². The van der Waals surface area contributed by atoms with Crippen LogP contribution in [0.25, 0.3) is 11.7 Å². The summed E-state index contributed by atoms with van der Waals surface area (Å²) in [5, 5.41) is 0. The first-order chi connectivity index (χ1) is 17.9. The number of rotatable bonds is 4. The minimum atomic E-state index is -0.223. The molecule has 2 fully saturated rings. The van der Waals surface area contributed by atoms with Crippen molar-refractivity contribution in [1.29, 1.82) is 0 Å². The average Bonchev–Trinajstić information content (AvgIpc) is 3.46. The molecule has 10 heteroatoms. The number of piperidine rings is 1. The summed E-state index contributed by atoms with van der Waals surface area (Å²) in [6.07, 6.45) is 5.47. The van der Waals surface area contributed by atoms with Crippen LogP contribution in [0.2, 0.25) is 0 Å². The van der Waals surface area contributed by atoms with Crippen molar-refractivity contribution in [3.8, 4) is 11.5 Å². The van der Waals surface area contributed by atoms with E-state index in [0.717, 1.165) is 37.1 Å². The van der Waals surface area contributed by atoms with Crippen molar-refractivity contribution in [2.75, 3.05) is 24.8 Å². The number of benzene rings is 1. The molecule has 6 rings (SSSR count). The summed E-state index contributed by atoms with van der Waals surface area (Å²) in [5.41, 5.74) is 2.67. The van der Waals surface area contributed by atoms with Gasteiger partial charge in [-0.15, -0.1) is 0 Å². The number of pyridine rings is 1. The van der Waals surface area contributed by atoms with Gasteiger partial charge in [0.05, 0.1) is 17.0 Å². The van der Waals surface area contributed by atoms with E-state index in [1.54, 1.807) is 21.6 Å². The number of thioether (sulfide) groups is 1. The van der Waals surface area contributed by atoms with Crippen molar-refractivity contribution >= 4 is 51.7 Å². The molecular weight excluding hydrogens is 508 g/mol. The van der Waals surface area contributed by atoms with Gasteiger partial charge >= 0.3 is 0 Å². The summed E-state index contributed by atoms with van der Waals surface area (Å²) in [5.74, 6) is 2.39. The first-order valence-corrected chi connectivity index (χ1v) is 13.5. The summed E-state index contributed by atoms with van der Waals surface area (Å²) >= 11 is 6.78. The molecule has 0 saturated carbocycles. The van der Waals surface area contributed by atoms with E-state index in [-0.39, 0.29) is 18.3 Å². The zero-order valence-corrected chi connectivity index (χ0v) is 22.2. The molecule has 0 N–H and O–H groups in total. The van der Waals surface area contributed by atoms with Crippen LogP contribution >= 0.6 is 24.0 Å². The van der Waals surface area contributed by atoms with E-state index in [2.05, 4.69) is 11.8 Å². The largest absolute Gasteiger partial charge is 0.454 e. The summed E-state index contributed by atoms with van der Waals surface area (Å²) in [6.45, 7) is 6.34. The third kappa shape index (κ3) is 4.38. The van der Waals surface area contributed by atoms with E-state index in [4.69, 9.17) is 26.7 Å². The van der Waals surface area contributed by atoms with E-state index in [1.807, 2.05) is 37.3 Å². The van der Waals surface area contributed by atoms with Crippen LogP contribution in [-0.4, -0.2) is 44.4 Å². The summed E-state index contributed by atoms with van der Waals surface area (Å²) in [4.78, 5) is 36.3. The number of amides is 1. The Bertz CT molecular complexity index is 1520. The normalized spacial score (nSPS) is 19.0. The van der Waals surface area contributed by atoms with Crippen molar-refractivity contribution < 1.29 is 14.3 Å². The van der Waals surface area contributed by atoms with Gasteiger partial charge in [-0.2, -0.15) is 0 Å². The SMILES string of the molecule is Cc1cccn2c(=O)c(C=C3SC(=S)N(Cc4ccc5c(c4)OCO5)C3=O)c(N3CCC(C)CC3)nc12. The van der Waals surface area contributed by atoms with Gasteiger partial charge in [0.25, 0.3) is 11.5 Å². The van der Waals surface area contributed by atoms with Gasteiger partial charge < -0.3 is 14.4 Å². The first-order valence-electron chi connectivity index (χ1n) is 12.3. The lowest BCUT2D eigenvalue weighted by molar-refractivity contribution is -0.122. The maximum Gasteiger partial charge on any atom is 0.267 e. The lowest BCUT2D eigenvalue weighted by Crippen LogP contribution is -2.36. The third-order valence-corrected chi connectivity index (χ3v) is 8.45. The minimum absolute atomic E-state index is 0.190. The van der Waals surface area contributed by atoms with Gasteiger partial charge in [-0.3, -0.25) is 18.9 Å². The van der Waals surface area contributed by atoms with Gasteiger partial charge in [0, 0.05) is 19.3 Å². The highest BCUT2D eigenvalue weighted by molar-refractivity contribution is 8.26. The van der Waals surface area contributed by atoms with Crippen molar-refractivity contribution in [3.63, 3.8) is 0 Å².